The van der Waals surface area contributed by atoms with E-state index in [0.29, 0.717) is 54.7 Å². The Hall–Kier alpha value is -9.64. The number of primary amides is 1. The van der Waals surface area contributed by atoms with Crippen LogP contribution in [0.2, 0.25) is 0 Å². The number of anilines is 1. The first-order valence-corrected chi connectivity index (χ1v) is 36.9. The normalized spacial score (nSPS) is 15.6. The van der Waals surface area contributed by atoms with E-state index < -0.39 is 114 Å². The quantitative estimate of drug-likeness (QED) is 0.0240. The van der Waals surface area contributed by atoms with E-state index in [-0.39, 0.29) is 113 Å². The number of urea groups is 1. The lowest BCUT2D eigenvalue weighted by atomic mass is 9.89. The Morgan fingerprint density at radius 1 is 0.689 bits per heavy atom. The van der Waals surface area contributed by atoms with Crippen molar-refractivity contribution in [3.05, 3.63) is 102 Å². The van der Waals surface area contributed by atoms with E-state index >= 15 is 0 Å². The summed E-state index contributed by atoms with van der Waals surface area (Å²) < 4.78 is 11.8. The molecule has 1 aliphatic rings. The van der Waals surface area contributed by atoms with Crippen molar-refractivity contribution in [1.29, 1.82) is 0 Å². The van der Waals surface area contributed by atoms with Crippen LogP contribution in [0, 0.1) is 23.7 Å². The SMILES string of the molecule is CC[C@H](C)[C@@H]([C@@H](CC(=O)N1CCC[C@H]1C[C@@H](C)C(=O)N[C@H](C)[C@@H](O)c1ccccc1)OC)N(C)C(=O)[C@@H](NC(=O)[C@H](C(C)C)N(C)C(=O)OCc1ccc(NC(=O)[C@H](CCCNC(N)=O)NC(=O)[C@H](Cc2c[nH]c3ccccc23)NC(=O)CCCC(=O)NCCC(=O)N(C)CC(=O)N(C)CC)cc1)C(C)C. The number of carbonyl (C=O) groups is 12. The fourth-order valence-corrected chi connectivity index (χ4v) is 13.1. The number of aromatic amines is 1. The van der Waals surface area contributed by atoms with Crippen molar-refractivity contribution in [3.8, 4) is 0 Å². The van der Waals surface area contributed by atoms with Gasteiger partial charge in [0.15, 0.2) is 0 Å². The zero-order chi connectivity index (χ0) is 78.5. The van der Waals surface area contributed by atoms with Crippen LogP contribution in [0.1, 0.15) is 156 Å². The number of nitrogens with two attached hydrogens (primary N) is 1. The molecule has 13 amide bonds. The Balaban J connectivity index is 1.19. The first-order valence-electron chi connectivity index (χ1n) is 36.9. The maximum atomic E-state index is 14.8. The molecular formula is C77H116N14O15. The summed E-state index contributed by atoms with van der Waals surface area (Å²) in [5.74, 6) is -5.72. The van der Waals surface area contributed by atoms with Crippen molar-refractivity contribution in [2.45, 2.75) is 200 Å². The molecule has 0 unspecified atom stereocenters. The summed E-state index contributed by atoms with van der Waals surface area (Å²) in [6.45, 7) is 17.2. The molecule has 11 atom stereocenters. The first-order chi connectivity index (χ1) is 50.3. The predicted octanol–water partition coefficient (Wildman–Crippen LogP) is 5.65. The number of benzene rings is 3. The summed E-state index contributed by atoms with van der Waals surface area (Å²) in [7, 11) is 7.73. The van der Waals surface area contributed by atoms with Gasteiger partial charge in [0.1, 0.15) is 30.8 Å². The average molecular weight is 1480 g/mol. The highest BCUT2D eigenvalue weighted by Crippen LogP contribution is 2.30. The van der Waals surface area contributed by atoms with Crippen LogP contribution < -0.4 is 43.0 Å². The van der Waals surface area contributed by atoms with Gasteiger partial charge < -0.3 is 82.1 Å². The topological polar surface area (TPSA) is 386 Å². The number of fused-ring (bicyclic) bond motifs is 1. The fraction of sp³-hybridized carbons (Fsp3) is 0.584. The van der Waals surface area contributed by atoms with Crippen LogP contribution in [0.25, 0.3) is 10.9 Å². The van der Waals surface area contributed by atoms with E-state index in [9.17, 15) is 62.6 Å². The van der Waals surface area contributed by atoms with Crippen molar-refractivity contribution in [2.24, 2.45) is 29.4 Å². The van der Waals surface area contributed by atoms with E-state index in [4.69, 9.17) is 15.2 Å². The van der Waals surface area contributed by atoms with Gasteiger partial charge in [0.25, 0.3) is 0 Å². The number of hydrogen-bond acceptors (Lipinski definition) is 15. The first kappa shape index (κ1) is 87.0. The average Bonchev–Trinajstić information content (AvgIpc) is 1.02. The van der Waals surface area contributed by atoms with Crippen molar-refractivity contribution in [1.82, 2.24) is 61.4 Å². The van der Waals surface area contributed by atoms with Crippen molar-refractivity contribution < 1.29 is 72.1 Å². The lowest BCUT2D eigenvalue weighted by molar-refractivity contribution is -0.146. The molecule has 4 aromatic rings. The number of methoxy groups -OCH3 is 1. The number of rotatable bonds is 42. The van der Waals surface area contributed by atoms with Gasteiger partial charge >= 0.3 is 12.1 Å². The van der Waals surface area contributed by atoms with Crippen molar-refractivity contribution in [2.75, 3.05) is 73.3 Å². The molecule has 584 valence electrons. The van der Waals surface area contributed by atoms with Gasteiger partial charge in [-0.05, 0) is 105 Å². The van der Waals surface area contributed by atoms with Crippen molar-refractivity contribution >= 4 is 87.8 Å². The van der Waals surface area contributed by atoms with Gasteiger partial charge in [0.2, 0.25) is 59.1 Å². The molecule has 29 heteroatoms. The molecule has 11 N–H and O–H groups in total. The maximum absolute atomic E-state index is 14.8. The number of nitrogens with one attached hydrogen (secondary N) is 8. The highest BCUT2D eigenvalue weighted by molar-refractivity contribution is 5.99. The number of aliphatic hydroxyl groups excluding tert-OH is 1. The van der Waals surface area contributed by atoms with Crippen LogP contribution >= 0.6 is 0 Å². The second-order valence-electron chi connectivity index (χ2n) is 28.5. The van der Waals surface area contributed by atoms with Gasteiger partial charge in [0, 0.05) is 122 Å². The molecule has 0 aliphatic carbocycles. The third-order valence-electron chi connectivity index (χ3n) is 19.8. The van der Waals surface area contributed by atoms with Crippen LogP contribution in [-0.2, 0) is 70.4 Å². The number of amides is 13. The molecular weight excluding hydrogens is 1360 g/mol. The van der Waals surface area contributed by atoms with E-state index in [1.807, 2.05) is 75.1 Å². The van der Waals surface area contributed by atoms with Crippen LogP contribution in [0.5, 0.6) is 0 Å². The van der Waals surface area contributed by atoms with E-state index in [1.54, 1.807) is 96.2 Å². The van der Waals surface area contributed by atoms with Gasteiger partial charge in [0.05, 0.1) is 37.3 Å². The van der Waals surface area contributed by atoms with Crippen LogP contribution in [0.4, 0.5) is 15.3 Å². The molecule has 5 rings (SSSR count). The van der Waals surface area contributed by atoms with Gasteiger partial charge in [-0.3, -0.25) is 52.8 Å². The number of carbonyl (C=O) groups excluding carboxylic acids is 12. The van der Waals surface area contributed by atoms with E-state index in [0.717, 1.165) is 17.3 Å². The largest absolute Gasteiger partial charge is 0.445 e. The molecule has 1 aromatic heterocycles. The molecule has 1 aliphatic heterocycles. The molecule has 0 saturated carbocycles. The molecule has 0 spiro atoms. The second kappa shape index (κ2) is 43.1. The summed E-state index contributed by atoms with van der Waals surface area (Å²) in [6, 6.07) is 16.1. The minimum absolute atomic E-state index is 0.00742. The highest BCUT2D eigenvalue weighted by atomic mass is 16.6. The minimum atomic E-state index is -1.21. The van der Waals surface area contributed by atoms with E-state index in [1.165, 1.54) is 35.9 Å². The van der Waals surface area contributed by atoms with Crippen LogP contribution in [0.3, 0.4) is 0 Å². The van der Waals surface area contributed by atoms with Crippen LogP contribution in [0.15, 0.2) is 85.1 Å². The summed E-state index contributed by atoms with van der Waals surface area (Å²) in [6.07, 6.45) is 1.81. The fourth-order valence-electron chi connectivity index (χ4n) is 13.1. The van der Waals surface area contributed by atoms with E-state index in [2.05, 4.69) is 42.2 Å². The molecule has 0 bridgehead atoms. The number of ether oxygens (including phenoxy) is 2. The molecule has 29 nitrogen and oxygen atoms in total. The van der Waals surface area contributed by atoms with Gasteiger partial charge in [-0.25, -0.2) is 9.59 Å². The smallest absolute Gasteiger partial charge is 0.410 e. The van der Waals surface area contributed by atoms with Crippen molar-refractivity contribution in [3.63, 3.8) is 0 Å². The summed E-state index contributed by atoms with van der Waals surface area (Å²) >= 11 is 0. The number of H-pyrrole nitrogens is 1. The van der Waals surface area contributed by atoms with Gasteiger partial charge in [-0.2, -0.15) is 0 Å². The Morgan fingerprint density at radius 2 is 1.36 bits per heavy atom. The molecule has 0 radical (unpaired) electrons. The Labute approximate surface area is 623 Å². The zero-order valence-corrected chi connectivity index (χ0v) is 64.3. The third kappa shape index (κ3) is 26.4. The Morgan fingerprint density at radius 3 is 2.00 bits per heavy atom. The lowest BCUT2D eigenvalue weighted by Crippen LogP contribution is -2.60. The standard InChI is InChI=1S/C77H116N14O15/c1-15-49(7)69(61(105-14)43-65(95)91-40-24-27-56(91)41-50(8)71(98)82-51(9)70(97)53-25-18-17-19-26-53)89(12)75(102)67(47(3)4)86-74(101)68(48(5)6)90(13)77(104)106-46-52-33-35-55(36-34-52)83-72(99)59(30-23-38-80-76(78)103)85-73(100)60(42-54-44-81-58-29-21-20-28-57(54)58)84-63(93)32-22-31-62(92)79-39-37-64(94)88(11)45-66(96)87(10)16-2/h17-21,25-26,28-29,33-36,44,47-51,56,59-61,67-70,81,97H,15-16,22-24,27,30-32,37-43,45-46H2,1-14H3,(H,79,92)(H,82,98)(H,83,99)(H,84,93)(H,85,100)(H,86,101)(H3,78,80,103)/t49-,50+,51+,56-,59-,60-,61+,67-,68-,69-,70+/m0/s1. The number of para-hydroxylation sites is 1. The second-order valence-corrected chi connectivity index (χ2v) is 28.5. The lowest BCUT2D eigenvalue weighted by Gasteiger charge is -2.40. The zero-order valence-electron chi connectivity index (χ0n) is 64.3. The number of aliphatic hydroxyl groups is 1. The summed E-state index contributed by atoms with van der Waals surface area (Å²) in [4.78, 5) is 173. The number of likely N-dealkylation sites (N-methyl/N-ethyl adjacent to an activating group) is 4. The molecule has 106 heavy (non-hydrogen) atoms. The number of aromatic nitrogens is 1. The number of hydrogen-bond donors (Lipinski definition) is 10. The third-order valence-corrected chi connectivity index (χ3v) is 19.8. The Bertz CT molecular complexity index is 3570. The highest BCUT2D eigenvalue weighted by Gasteiger charge is 2.42. The van der Waals surface area contributed by atoms with Gasteiger partial charge in [-0.1, -0.05) is 116 Å². The number of likely N-dealkylation sites (tertiary alicyclic amines) is 1. The maximum Gasteiger partial charge on any atom is 0.410 e. The minimum Gasteiger partial charge on any atom is -0.445 e. The molecule has 3 aromatic carbocycles. The molecule has 2 heterocycles. The number of nitrogens with zero attached hydrogens (tertiary/aromatic N) is 5. The summed E-state index contributed by atoms with van der Waals surface area (Å²) in [5.41, 5.74) is 8.31. The predicted molar refractivity (Wildman–Crippen MR) is 402 cm³/mol. The summed E-state index contributed by atoms with van der Waals surface area (Å²) in [5, 5.41) is 31.2. The molecule has 1 fully saturated rings. The van der Waals surface area contributed by atoms with Gasteiger partial charge in [-0.15, -0.1) is 0 Å². The molecule has 1 saturated heterocycles. The monoisotopic (exact) mass is 1480 g/mol. The van der Waals surface area contributed by atoms with Crippen LogP contribution in [-0.4, -0.2) is 222 Å². The Kier molecular flexibility index (Phi) is 35.4.